The van der Waals surface area contributed by atoms with Crippen LogP contribution in [-0.2, 0) is 5.66 Å². The number of anilines is 1. The molecular weight excluding hydrogens is 380 g/mol. The van der Waals surface area contributed by atoms with Crippen LogP contribution in [0, 0.1) is 0 Å². The number of halogens is 1. The Balaban J connectivity index is 1.64. The van der Waals surface area contributed by atoms with E-state index in [1.807, 2.05) is 12.1 Å². The fourth-order valence-corrected chi connectivity index (χ4v) is 4.73. The topological polar surface area (TPSA) is 39.7 Å². The monoisotopic (exact) mass is 410 g/mol. The molecule has 0 radical (unpaired) electrons. The number of benzene rings is 2. The molecule has 5 heteroatoms. The van der Waals surface area contributed by atoms with Crippen molar-refractivity contribution in [3.05, 3.63) is 59.1 Å². The summed E-state index contributed by atoms with van der Waals surface area (Å²) in [5.74, 6) is 0. The number of hydrogen-bond donors (Lipinski definition) is 2. The lowest BCUT2D eigenvalue weighted by atomic mass is 9.87. The van der Waals surface area contributed by atoms with Crippen molar-refractivity contribution in [2.75, 3.05) is 18.4 Å². The second-order valence-electron chi connectivity index (χ2n) is 9.18. The Bertz CT molecular complexity index is 863. The zero-order chi connectivity index (χ0) is 20.5. The number of aliphatic imine (C=N–C) groups is 1. The van der Waals surface area contributed by atoms with Crippen molar-refractivity contribution in [2.45, 2.75) is 57.3 Å². The number of piperidine rings is 1. The summed E-state index contributed by atoms with van der Waals surface area (Å²) in [6.07, 6.45) is 5.18. The van der Waals surface area contributed by atoms with E-state index in [-0.39, 0.29) is 11.2 Å². The number of hydrogen-bond acceptors (Lipinski definition) is 4. The zero-order valence-corrected chi connectivity index (χ0v) is 18.3. The quantitative estimate of drug-likeness (QED) is 0.692. The molecule has 2 aromatic rings. The van der Waals surface area contributed by atoms with Crippen LogP contribution in [0.15, 0.2) is 53.5 Å². The van der Waals surface area contributed by atoms with Gasteiger partial charge in [0.05, 0.1) is 5.69 Å². The summed E-state index contributed by atoms with van der Waals surface area (Å²) in [5.41, 5.74) is 3.24. The molecule has 2 heterocycles. The number of fused-ring (bicyclic) bond motifs is 1. The molecule has 1 fully saturated rings. The molecule has 0 aliphatic carbocycles. The van der Waals surface area contributed by atoms with E-state index in [1.165, 1.54) is 5.56 Å². The SMILES string of the molecule is CC(C)(C)NC1CCN(C2(Nc3ccc(Cl)cc3)CC=Nc3ccccc32)CC1. The van der Waals surface area contributed by atoms with Crippen LogP contribution in [0.5, 0.6) is 0 Å². The van der Waals surface area contributed by atoms with Gasteiger partial charge in [0, 0.05) is 53.6 Å². The molecule has 0 amide bonds. The minimum Gasteiger partial charge on any atom is -0.363 e. The molecule has 2 N–H and O–H groups in total. The number of nitrogens with one attached hydrogen (secondary N) is 2. The minimum absolute atomic E-state index is 0.149. The van der Waals surface area contributed by atoms with Gasteiger partial charge in [0.15, 0.2) is 0 Å². The number of para-hydroxylation sites is 1. The number of rotatable bonds is 4. The van der Waals surface area contributed by atoms with Crippen molar-refractivity contribution in [3.63, 3.8) is 0 Å². The summed E-state index contributed by atoms with van der Waals surface area (Å²) in [6.45, 7) is 8.82. The predicted molar refractivity (Wildman–Crippen MR) is 123 cm³/mol. The zero-order valence-electron chi connectivity index (χ0n) is 17.6. The average molecular weight is 411 g/mol. The molecule has 0 saturated carbocycles. The Morgan fingerprint density at radius 2 is 1.72 bits per heavy atom. The molecule has 0 aromatic heterocycles. The Hall–Kier alpha value is -1.88. The van der Waals surface area contributed by atoms with Gasteiger partial charge in [-0.05, 0) is 63.9 Å². The molecule has 2 aromatic carbocycles. The third kappa shape index (κ3) is 4.50. The molecule has 154 valence electrons. The molecule has 29 heavy (non-hydrogen) atoms. The Kier molecular flexibility index (Phi) is 5.69. The maximum absolute atomic E-state index is 6.12. The summed E-state index contributed by atoms with van der Waals surface area (Å²) in [7, 11) is 0. The van der Waals surface area contributed by atoms with Crippen molar-refractivity contribution in [1.29, 1.82) is 0 Å². The molecule has 0 spiro atoms. The Morgan fingerprint density at radius 3 is 2.41 bits per heavy atom. The molecule has 4 rings (SSSR count). The van der Waals surface area contributed by atoms with E-state index >= 15 is 0 Å². The fraction of sp³-hybridized carbons (Fsp3) is 0.458. The summed E-state index contributed by atoms with van der Waals surface area (Å²) in [6, 6.07) is 17.1. The van der Waals surface area contributed by atoms with Gasteiger partial charge in [-0.2, -0.15) is 0 Å². The van der Waals surface area contributed by atoms with Crippen LogP contribution in [-0.4, -0.2) is 35.8 Å². The first-order chi connectivity index (χ1) is 13.9. The highest BCUT2D eigenvalue weighted by Crippen LogP contribution is 2.42. The van der Waals surface area contributed by atoms with Gasteiger partial charge in [0.1, 0.15) is 5.66 Å². The molecular formula is C24H31ClN4. The van der Waals surface area contributed by atoms with E-state index in [2.05, 4.69) is 83.9 Å². The van der Waals surface area contributed by atoms with Gasteiger partial charge in [0.2, 0.25) is 0 Å². The van der Waals surface area contributed by atoms with Crippen LogP contribution in [0.4, 0.5) is 11.4 Å². The van der Waals surface area contributed by atoms with E-state index in [9.17, 15) is 0 Å². The van der Waals surface area contributed by atoms with Gasteiger partial charge in [-0.15, -0.1) is 0 Å². The van der Waals surface area contributed by atoms with Crippen molar-refractivity contribution in [1.82, 2.24) is 10.2 Å². The van der Waals surface area contributed by atoms with Crippen molar-refractivity contribution in [2.24, 2.45) is 4.99 Å². The van der Waals surface area contributed by atoms with Crippen molar-refractivity contribution < 1.29 is 0 Å². The predicted octanol–water partition coefficient (Wildman–Crippen LogP) is 5.56. The normalized spacial score (nSPS) is 23.0. The lowest BCUT2D eigenvalue weighted by molar-refractivity contribution is 0.0748. The first-order valence-corrected chi connectivity index (χ1v) is 10.9. The van der Waals surface area contributed by atoms with Gasteiger partial charge in [0.25, 0.3) is 0 Å². The smallest absolute Gasteiger partial charge is 0.124 e. The average Bonchev–Trinajstić information content (AvgIpc) is 2.69. The highest BCUT2D eigenvalue weighted by Gasteiger charge is 2.42. The van der Waals surface area contributed by atoms with E-state index in [4.69, 9.17) is 11.6 Å². The van der Waals surface area contributed by atoms with E-state index < -0.39 is 0 Å². The highest BCUT2D eigenvalue weighted by molar-refractivity contribution is 6.30. The molecule has 1 atom stereocenters. The summed E-state index contributed by atoms with van der Waals surface area (Å²) >= 11 is 6.12. The van der Waals surface area contributed by atoms with Crippen LogP contribution in [0.2, 0.25) is 5.02 Å². The largest absolute Gasteiger partial charge is 0.363 e. The molecule has 2 aliphatic rings. The lowest BCUT2D eigenvalue weighted by Crippen LogP contribution is -2.58. The van der Waals surface area contributed by atoms with E-state index in [0.717, 1.165) is 48.7 Å². The number of nitrogens with zero attached hydrogens (tertiary/aromatic N) is 2. The van der Waals surface area contributed by atoms with Crippen LogP contribution < -0.4 is 10.6 Å². The molecule has 0 bridgehead atoms. The van der Waals surface area contributed by atoms with Gasteiger partial charge >= 0.3 is 0 Å². The van der Waals surface area contributed by atoms with Gasteiger partial charge < -0.3 is 10.6 Å². The third-order valence-corrected chi connectivity index (χ3v) is 6.09. The summed E-state index contributed by atoms with van der Waals surface area (Å²) < 4.78 is 0. The second-order valence-corrected chi connectivity index (χ2v) is 9.62. The third-order valence-electron chi connectivity index (χ3n) is 5.83. The molecule has 1 saturated heterocycles. The van der Waals surface area contributed by atoms with E-state index in [0.29, 0.717) is 6.04 Å². The Morgan fingerprint density at radius 1 is 1.03 bits per heavy atom. The maximum Gasteiger partial charge on any atom is 0.124 e. The van der Waals surface area contributed by atoms with Crippen molar-refractivity contribution in [3.8, 4) is 0 Å². The Labute approximate surface area is 179 Å². The molecule has 1 unspecified atom stereocenters. The van der Waals surface area contributed by atoms with Gasteiger partial charge in [-0.3, -0.25) is 9.89 Å². The second kappa shape index (κ2) is 8.10. The first-order valence-electron chi connectivity index (χ1n) is 10.5. The fourth-order valence-electron chi connectivity index (χ4n) is 4.61. The van der Waals surface area contributed by atoms with E-state index in [1.54, 1.807) is 0 Å². The standard InChI is InChI=1S/C24H31ClN4/c1-23(2,3)27-20-12-16-29(17-13-20)24(28-19-10-8-18(25)9-11-19)14-15-26-22-7-5-4-6-21(22)24/h4-11,15,20,27-28H,12-14,16-17H2,1-3H3. The number of likely N-dealkylation sites (tertiary alicyclic amines) is 1. The van der Waals surface area contributed by atoms with Crippen molar-refractivity contribution >= 4 is 29.2 Å². The molecule has 2 aliphatic heterocycles. The van der Waals surface area contributed by atoms with Gasteiger partial charge in [-0.25, -0.2) is 0 Å². The lowest BCUT2D eigenvalue weighted by Gasteiger charge is -2.49. The van der Waals surface area contributed by atoms with Crippen LogP contribution in [0.25, 0.3) is 0 Å². The van der Waals surface area contributed by atoms with Crippen LogP contribution in [0.3, 0.4) is 0 Å². The highest BCUT2D eigenvalue weighted by atomic mass is 35.5. The van der Waals surface area contributed by atoms with Crippen LogP contribution >= 0.6 is 11.6 Å². The minimum atomic E-state index is -0.293. The maximum atomic E-state index is 6.12. The van der Waals surface area contributed by atoms with Crippen LogP contribution in [0.1, 0.15) is 45.6 Å². The van der Waals surface area contributed by atoms with Gasteiger partial charge in [-0.1, -0.05) is 29.8 Å². The summed E-state index contributed by atoms with van der Waals surface area (Å²) in [5, 5.41) is 8.40. The summed E-state index contributed by atoms with van der Waals surface area (Å²) in [4.78, 5) is 7.28. The molecule has 4 nitrogen and oxygen atoms in total. The first kappa shape index (κ1) is 20.4.